The molecule has 0 N–H and O–H groups in total. The van der Waals surface area contributed by atoms with Gasteiger partial charge < -0.3 is 8.98 Å². The molecule has 0 unspecified atom stereocenters. The summed E-state index contributed by atoms with van der Waals surface area (Å²) in [5.41, 5.74) is 15.7. The van der Waals surface area contributed by atoms with Crippen LogP contribution in [0.4, 0.5) is 4.39 Å². The zero-order chi connectivity index (χ0) is 48.7. The Kier molecular flexibility index (Phi) is 14.2. The number of fused-ring (bicyclic) bond motifs is 4. The van der Waals surface area contributed by atoms with Gasteiger partial charge in [-0.1, -0.05) is 137 Å². The van der Waals surface area contributed by atoms with E-state index in [4.69, 9.17) is 9.40 Å². The second-order valence-electron chi connectivity index (χ2n) is 20.2. The van der Waals surface area contributed by atoms with Gasteiger partial charge in [0.1, 0.15) is 5.58 Å². The van der Waals surface area contributed by atoms with E-state index in [0.29, 0.717) is 0 Å². The van der Waals surface area contributed by atoms with Gasteiger partial charge in [0.05, 0.1) is 22.4 Å². The van der Waals surface area contributed by atoms with Crippen molar-refractivity contribution in [3.05, 3.63) is 192 Å². The number of hydrogen-bond donors (Lipinski definition) is 0. The van der Waals surface area contributed by atoms with E-state index in [9.17, 15) is 5.76 Å². The first-order valence-electron chi connectivity index (χ1n) is 25.1. The van der Waals surface area contributed by atoms with Gasteiger partial charge in [-0.05, 0) is 99.8 Å². The standard InChI is InChI=1S/C49H45N2O.C14H15FGeN.Ir/c1-31(2)42-28-38(36-24-22-35(23-25-36)33-14-7-5-8-15-33)29-43(32(3)4)47(42)51-45-21-12-11-20-44(45)50-49(51)41-19-13-18-40-39-27-26-37(30-46(39)52-48(40)41)34-16-9-6-10-17-34;1-16(2,3)13-8-9-14(17-10-13)11-4-6-12(15)7-5-11;/h6,9-13,16-18,20-33H,5,7-8,14-15H2,1-4H3;4,6-10H,1-3H3;/q2*-1;/i33D;;. The zero-order valence-corrected chi connectivity index (χ0v) is 45.7. The molecule has 1 radical (unpaired) electrons. The van der Waals surface area contributed by atoms with Crippen LogP contribution in [0.3, 0.4) is 0 Å². The Hall–Kier alpha value is -5.92. The number of rotatable bonds is 9. The Morgan fingerprint density at radius 2 is 1.39 bits per heavy atom. The summed E-state index contributed by atoms with van der Waals surface area (Å²) in [6.07, 6.45) is 7.38. The van der Waals surface area contributed by atoms with E-state index in [1.165, 1.54) is 50.9 Å². The largest absolute Gasteiger partial charge is 0 e. The van der Waals surface area contributed by atoms with Crippen LogP contribution in [0.5, 0.6) is 0 Å². The number of para-hydroxylation sites is 2. The van der Waals surface area contributed by atoms with Crippen molar-refractivity contribution in [3.63, 3.8) is 0 Å². The van der Waals surface area contributed by atoms with E-state index >= 15 is 0 Å². The van der Waals surface area contributed by atoms with Crippen LogP contribution in [0, 0.1) is 17.9 Å². The molecule has 355 valence electrons. The molecule has 0 atom stereocenters. The molecule has 1 fully saturated rings. The molecule has 4 nitrogen and oxygen atoms in total. The third-order valence-electron chi connectivity index (χ3n) is 13.7. The Bertz CT molecular complexity index is 3430. The first-order valence-corrected chi connectivity index (χ1v) is 31.9. The second kappa shape index (κ2) is 20.8. The maximum Gasteiger partial charge on any atom is 0 e. The van der Waals surface area contributed by atoms with Gasteiger partial charge in [-0.3, -0.25) is 4.98 Å². The van der Waals surface area contributed by atoms with Crippen LogP contribution < -0.4 is 4.40 Å². The number of furan rings is 1. The average molecular weight is 1160 g/mol. The van der Waals surface area contributed by atoms with E-state index in [-0.39, 0.29) is 37.8 Å². The van der Waals surface area contributed by atoms with Crippen molar-refractivity contribution in [3.8, 4) is 50.6 Å². The predicted octanol–water partition coefficient (Wildman–Crippen LogP) is 17.3. The van der Waals surface area contributed by atoms with Gasteiger partial charge in [-0.2, -0.15) is 0 Å². The number of aromatic nitrogens is 3. The van der Waals surface area contributed by atoms with Crippen molar-refractivity contribution in [2.24, 2.45) is 0 Å². The molecule has 70 heavy (non-hydrogen) atoms. The summed E-state index contributed by atoms with van der Waals surface area (Å²) in [6, 6.07) is 58.3. The summed E-state index contributed by atoms with van der Waals surface area (Å²) in [5, 5.41) is 2.14. The van der Waals surface area contributed by atoms with E-state index in [1.807, 2.05) is 24.4 Å². The third-order valence-corrected chi connectivity index (χ3v) is 18.0. The molecule has 1 saturated carbocycles. The topological polar surface area (TPSA) is 43.9 Å². The van der Waals surface area contributed by atoms with E-state index < -0.39 is 19.2 Å². The van der Waals surface area contributed by atoms with Crippen LogP contribution in [0.1, 0.15) is 95.6 Å². The monoisotopic (exact) mass is 1160 g/mol. The molecule has 0 aliphatic heterocycles. The molecule has 0 bridgehead atoms. The minimum absolute atomic E-state index is 0. The van der Waals surface area contributed by atoms with Crippen LogP contribution in [0.15, 0.2) is 162 Å². The van der Waals surface area contributed by atoms with Crippen LogP contribution in [-0.4, -0.2) is 27.8 Å². The third kappa shape index (κ3) is 10.0. The van der Waals surface area contributed by atoms with Gasteiger partial charge in [0.15, 0.2) is 0 Å². The van der Waals surface area contributed by atoms with Gasteiger partial charge in [-0.25, -0.2) is 0 Å². The Morgan fingerprint density at radius 3 is 2.04 bits per heavy atom. The fourth-order valence-corrected chi connectivity index (χ4v) is 12.0. The SMILES string of the molecule is [2H]C1(c2ccc(-c3cc(C(C)C)c(-n4c(-c5[c-]ccc6c5oc5cc(-c7ccccc7)ccc56)nc5ccccc54)c(C(C)C)c3)cc2)CCCCC1.[CH3][Ge]([CH3])([CH3])[c]1ccc(-c2[c-]cc(F)cc2)nc1.[Ir]. The molecule has 0 spiro atoms. The smallest absolute Gasteiger partial charge is 0 e. The Balaban J connectivity index is 0.000000294. The molecule has 1 aliphatic carbocycles. The van der Waals surface area contributed by atoms with E-state index in [1.54, 1.807) is 6.07 Å². The minimum atomic E-state index is -1.79. The van der Waals surface area contributed by atoms with Crippen LogP contribution in [-0.2, 0) is 20.1 Å². The summed E-state index contributed by atoms with van der Waals surface area (Å²) < 4.78 is 32.5. The van der Waals surface area contributed by atoms with Crippen molar-refractivity contribution >= 4 is 50.6 Å². The van der Waals surface area contributed by atoms with Gasteiger partial charge >= 0.3 is 104 Å². The number of hydrogen-bond acceptors (Lipinski definition) is 3. The van der Waals surface area contributed by atoms with Crippen LogP contribution in [0.2, 0.25) is 17.3 Å². The Morgan fingerprint density at radius 1 is 0.700 bits per heavy atom. The molecule has 1 aliphatic rings. The summed E-state index contributed by atoms with van der Waals surface area (Å²) >= 11 is -1.79. The van der Waals surface area contributed by atoms with Gasteiger partial charge in [0.2, 0.25) is 0 Å². The van der Waals surface area contributed by atoms with Crippen LogP contribution >= 0.6 is 0 Å². The van der Waals surface area contributed by atoms with E-state index in [0.717, 1.165) is 98.0 Å². The molecule has 7 heteroatoms. The number of pyridine rings is 1. The molecular weight excluding hydrogens is 1100 g/mol. The number of nitrogens with zero attached hydrogens (tertiary/aromatic N) is 3. The Labute approximate surface area is 430 Å². The molecule has 11 rings (SSSR count). The van der Waals surface area contributed by atoms with Crippen LogP contribution in [0.25, 0.3) is 83.6 Å². The summed E-state index contributed by atoms with van der Waals surface area (Å²) in [6.45, 7) is 9.16. The maximum absolute atomic E-state index is 12.8. The molecule has 7 aromatic carbocycles. The first kappa shape index (κ1) is 47.7. The molecule has 3 aromatic heterocycles. The van der Waals surface area contributed by atoms with Crippen molar-refractivity contribution in [2.45, 2.75) is 94.8 Å². The average Bonchev–Trinajstić information content (AvgIpc) is 3.95. The summed E-state index contributed by atoms with van der Waals surface area (Å²) in [5.74, 6) is 7.59. The maximum atomic E-state index is 12.8. The normalized spacial score (nSPS) is 13.9. The van der Waals surface area contributed by atoms with Crippen molar-refractivity contribution in [1.82, 2.24) is 14.5 Å². The molecular formula is C63H60FGeIrN3O-2. The summed E-state index contributed by atoms with van der Waals surface area (Å²) in [7, 11) is 0. The number of benzene rings is 7. The van der Waals surface area contributed by atoms with Crippen molar-refractivity contribution in [1.29, 1.82) is 0 Å². The number of halogens is 1. The second-order valence-corrected chi connectivity index (χ2v) is 30.8. The van der Waals surface area contributed by atoms with Gasteiger partial charge in [-0.15, -0.1) is 18.2 Å². The summed E-state index contributed by atoms with van der Waals surface area (Å²) in [4.78, 5) is 9.78. The van der Waals surface area contributed by atoms with Gasteiger partial charge in [0, 0.05) is 32.5 Å². The first-order chi connectivity index (χ1) is 33.8. The van der Waals surface area contributed by atoms with E-state index in [2.05, 4.69) is 182 Å². The molecule has 0 amide bonds. The molecule has 0 saturated heterocycles. The van der Waals surface area contributed by atoms with Gasteiger partial charge in [0.25, 0.3) is 0 Å². The predicted molar refractivity (Wildman–Crippen MR) is 289 cm³/mol. The quantitative estimate of drug-likeness (QED) is 0.107. The number of imidazole rings is 1. The fourth-order valence-electron chi connectivity index (χ4n) is 9.85. The molecule has 10 aromatic rings. The molecule has 3 heterocycles. The minimum Gasteiger partial charge on any atom is 0 e. The van der Waals surface area contributed by atoms with Crippen molar-refractivity contribution < 1.29 is 30.3 Å². The zero-order valence-electron chi connectivity index (χ0n) is 42.2. The fraction of sp³-hybridized carbons (Fsp3) is 0.238. The van der Waals surface area contributed by atoms with Crippen molar-refractivity contribution in [2.75, 3.05) is 0 Å².